The van der Waals surface area contributed by atoms with Crippen LogP contribution in [0.1, 0.15) is 25.0 Å². The van der Waals surface area contributed by atoms with E-state index in [2.05, 4.69) is 45.6 Å². The predicted octanol–water partition coefficient (Wildman–Crippen LogP) is 1.80. The summed E-state index contributed by atoms with van der Waals surface area (Å²) in [5, 5.41) is 6.60. The summed E-state index contributed by atoms with van der Waals surface area (Å²) in [4.78, 5) is 6.42. The fraction of sp³-hybridized carbons (Fsp3) is 0.632. The van der Waals surface area contributed by atoms with Gasteiger partial charge in [0.15, 0.2) is 15.8 Å². The highest BCUT2D eigenvalue weighted by molar-refractivity contribution is 14.0. The van der Waals surface area contributed by atoms with Gasteiger partial charge in [-0.25, -0.2) is 8.42 Å². The lowest BCUT2D eigenvalue weighted by atomic mass is 10.1. The highest BCUT2D eigenvalue weighted by Crippen LogP contribution is 2.21. The number of nitrogens with zero attached hydrogens (tertiary/aromatic N) is 2. The normalized spacial score (nSPS) is 17.1. The molecular weight excluding hydrogens is 491 g/mol. The van der Waals surface area contributed by atoms with Crippen LogP contribution < -0.4 is 15.4 Å². The Bertz CT molecular complexity index is 740. The second-order valence-corrected chi connectivity index (χ2v) is 9.43. The topological polar surface area (TPSA) is 83.0 Å². The third kappa shape index (κ3) is 8.52. The van der Waals surface area contributed by atoms with Gasteiger partial charge in [0, 0.05) is 45.3 Å². The monoisotopic (exact) mass is 524 g/mol. The first-order valence-electron chi connectivity index (χ1n) is 9.42. The maximum absolute atomic E-state index is 11.5. The largest absolute Gasteiger partial charge is 0.491 e. The quantitative estimate of drug-likeness (QED) is 0.322. The smallest absolute Gasteiger partial charge is 0.191 e. The summed E-state index contributed by atoms with van der Waals surface area (Å²) >= 11 is 0. The second-order valence-electron chi connectivity index (χ2n) is 7.12. The van der Waals surface area contributed by atoms with Crippen molar-refractivity contribution >= 4 is 39.8 Å². The van der Waals surface area contributed by atoms with Gasteiger partial charge in [0.05, 0.1) is 17.6 Å². The first-order valence-corrected chi connectivity index (χ1v) is 11.2. The molecule has 0 aromatic heterocycles. The van der Waals surface area contributed by atoms with Crippen molar-refractivity contribution in [2.45, 2.75) is 33.4 Å². The zero-order valence-electron chi connectivity index (χ0n) is 17.2. The molecule has 7 nitrogen and oxygen atoms in total. The number of hydrogen-bond donors (Lipinski definition) is 2. The molecule has 0 aliphatic carbocycles. The summed E-state index contributed by atoms with van der Waals surface area (Å²) in [5.41, 5.74) is 2.25. The Morgan fingerprint density at radius 3 is 2.54 bits per heavy atom. The lowest BCUT2D eigenvalue weighted by Gasteiger charge is -2.26. The first-order chi connectivity index (χ1) is 12.8. The van der Waals surface area contributed by atoms with Gasteiger partial charge in [0.1, 0.15) is 5.75 Å². The Hall–Kier alpha value is -1.07. The summed E-state index contributed by atoms with van der Waals surface area (Å²) in [6, 6.07) is 6.20. The van der Waals surface area contributed by atoms with Gasteiger partial charge in [0.25, 0.3) is 0 Å². The van der Waals surface area contributed by atoms with Crippen molar-refractivity contribution in [2.24, 2.45) is 4.99 Å². The number of halogens is 1. The van der Waals surface area contributed by atoms with Crippen LogP contribution >= 0.6 is 24.0 Å². The molecule has 0 amide bonds. The van der Waals surface area contributed by atoms with Crippen LogP contribution in [0.3, 0.4) is 0 Å². The molecule has 28 heavy (non-hydrogen) atoms. The number of benzene rings is 1. The fourth-order valence-electron chi connectivity index (χ4n) is 2.88. The van der Waals surface area contributed by atoms with E-state index in [1.165, 1.54) is 5.56 Å². The van der Waals surface area contributed by atoms with Gasteiger partial charge >= 0.3 is 0 Å². The van der Waals surface area contributed by atoms with E-state index in [0.29, 0.717) is 26.2 Å². The summed E-state index contributed by atoms with van der Waals surface area (Å²) in [6.45, 7) is 9.43. The van der Waals surface area contributed by atoms with Gasteiger partial charge in [-0.1, -0.05) is 12.1 Å². The fourth-order valence-corrected chi connectivity index (χ4v) is 4.15. The van der Waals surface area contributed by atoms with E-state index in [9.17, 15) is 8.42 Å². The zero-order chi connectivity index (χ0) is 19.9. The highest BCUT2D eigenvalue weighted by Gasteiger charge is 2.20. The number of rotatable bonds is 7. The predicted molar refractivity (Wildman–Crippen MR) is 126 cm³/mol. The summed E-state index contributed by atoms with van der Waals surface area (Å²) in [6.07, 6.45) is 0.122. The molecule has 1 aliphatic rings. The van der Waals surface area contributed by atoms with Crippen molar-refractivity contribution in [3.63, 3.8) is 0 Å². The molecular formula is C19H33IN4O3S. The minimum absolute atomic E-state index is 0. The van der Waals surface area contributed by atoms with Crippen molar-refractivity contribution in [3.05, 3.63) is 29.3 Å². The number of hydrogen-bond acceptors (Lipinski definition) is 5. The number of nitrogens with one attached hydrogen (secondary N) is 2. The van der Waals surface area contributed by atoms with Gasteiger partial charge in [-0.3, -0.25) is 9.89 Å². The van der Waals surface area contributed by atoms with Gasteiger partial charge in [-0.15, -0.1) is 24.0 Å². The average Bonchev–Trinajstić information content (AvgIpc) is 2.60. The molecule has 1 aliphatic heterocycles. The molecule has 2 N–H and O–H groups in total. The van der Waals surface area contributed by atoms with Crippen molar-refractivity contribution in [2.75, 3.05) is 44.7 Å². The minimum atomic E-state index is -2.83. The van der Waals surface area contributed by atoms with Crippen LogP contribution in [0.4, 0.5) is 0 Å². The third-order valence-corrected chi connectivity index (χ3v) is 6.02. The Morgan fingerprint density at radius 1 is 1.25 bits per heavy atom. The van der Waals surface area contributed by atoms with Crippen molar-refractivity contribution in [1.29, 1.82) is 0 Å². The Kier molecular flexibility index (Phi) is 10.5. The van der Waals surface area contributed by atoms with Crippen molar-refractivity contribution in [1.82, 2.24) is 15.5 Å². The molecule has 0 unspecified atom stereocenters. The molecule has 2 rings (SSSR count). The molecule has 1 aromatic carbocycles. The van der Waals surface area contributed by atoms with Crippen LogP contribution in [-0.2, 0) is 16.4 Å². The number of guanidine groups is 1. The molecule has 0 spiro atoms. The van der Waals surface area contributed by atoms with E-state index in [4.69, 9.17) is 4.74 Å². The van der Waals surface area contributed by atoms with Gasteiger partial charge in [0.2, 0.25) is 0 Å². The molecule has 9 heteroatoms. The molecule has 0 saturated carbocycles. The number of aryl methyl sites for hydroxylation is 1. The Balaban J connectivity index is 0.00000392. The summed E-state index contributed by atoms with van der Waals surface area (Å²) < 4.78 is 28.9. The van der Waals surface area contributed by atoms with Crippen molar-refractivity contribution in [3.8, 4) is 5.75 Å². The minimum Gasteiger partial charge on any atom is -0.491 e. The molecule has 0 bridgehead atoms. The number of aliphatic imine (C=N–C) groups is 1. The van der Waals surface area contributed by atoms with E-state index < -0.39 is 9.84 Å². The molecule has 1 heterocycles. The van der Waals surface area contributed by atoms with Crippen LogP contribution in [0.5, 0.6) is 5.75 Å². The van der Waals surface area contributed by atoms with Gasteiger partial charge in [-0.2, -0.15) is 0 Å². The molecule has 1 aromatic rings. The summed E-state index contributed by atoms with van der Waals surface area (Å²) in [7, 11) is -1.09. The lowest BCUT2D eigenvalue weighted by molar-refractivity contribution is 0.239. The molecule has 1 saturated heterocycles. The standard InChI is InChI=1S/C19H32N4O3S.HI/c1-15(2)26-18-13-16(3)5-6-17(18)14-22-19(20-4)21-7-8-23-9-11-27(24,25)12-10-23;/h5-6,13,15H,7-12,14H2,1-4H3,(H2,20,21,22);1H. The van der Waals surface area contributed by atoms with Crippen LogP contribution in [0.25, 0.3) is 0 Å². The van der Waals surface area contributed by atoms with E-state index in [1.54, 1.807) is 7.05 Å². The second kappa shape index (κ2) is 11.8. The van der Waals surface area contributed by atoms with Crippen LogP contribution in [0.2, 0.25) is 0 Å². The summed E-state index contributed by atoms with van der Waals surface area (Å²) in [5.74, 6) is 2.12. The van der Waals surface area contributed by atoms with Crippen LogP contribution in [0, 0.1) is 6.92 Å². The number of ether oxygens (including phenoxy) is 1. The van der Waals surface area contributed by atoms with Gasteiger partial charge < -0.3 is 15.4 Å². The maximum Gasteiger partial charge on any atom is 0.191 e. The van der Waals surface area contributed by atoms with E-state index in [-0.39, 0.29) is 41.6 Å². The van der Waals surface area contributed by atoms with E-state index in [0.717, 1.165) is 23.8 Å². The lowest BCUT2D eigenvalue weighted by Crippen LogP contribution is -2.45. The van der Waals surface area contributed by atoms with Crippen LogP contribution in [-0.4, -0.2) is 70.1 Å². The molecule has 0 radical (unpaired) electrons. The Morgan fingerprint density at radius 2 is 1.93 bits per heavy atom. The van der Waals surface area contributed by atoms with E-state index in [1.807, 2.05) is 13.8 Å². The first kappa shape index (κ1) is 25.0. The molecule has 160 valence electrons. The number of sulfone groups is 1. The SMILES string of the molecule is CN=C(NCCN1CCS(=O)(=O)CC1)NCc1ccc(C)cc1OC(C)C.I. The highest BCUT2D eigenvalue weighted by atomic mass is 127. The van der Waals surface area contributed by atoms with Gasteiger partial charge in [-0.05, 0) is 32.4 Å². The third-order valence-electron chi connectivity index (χ3n) is 4.41. The van der Waals surface area contributed by atoms with Crippen LogP contribution in [0.15, 0.2) is 23.2 Å². The van der Waals surface area contributed by atoms with E-state index >= 15 is 0 Å². The molecule has 0 atom stereocenters. The Labute approximate surface area is 186 Å². The maximum atomic E-state index is 11.5. The average molecular weight is 524 g/mol. The van der Waals surface area contributed by atoms with Crippen molar-refractivity contribution < 1.29 is 13.2 Å². The molecule has 1 fully saturated rings. The zero-order valence-corrected chi connectivity index (χ0v) is 20.3.